The molecule has 0 heterocycles. The molecule has 2 aliphatic rings. The van der Waals surface area contributed by atoms with Gasteiger partial charge in [0, 0.05) is 19.3 Å². The molecule has 0 amide bonds. The van der Waals surface area contributed by atoms with Crippen molar-refractivity contribution in [2.75, 3.05) is 13.7 Å². The van der Waals surface area contributed by atoms with E-state index in [1.165, 1.54) is 89.0 Å². The van der Waals surface area contributed by atoms with Crippen molar-refractivity contribution in [3.05, 3.63) is 59.4 Å². The molecule has 2 aromatic rings. The largest absolute Gasteiger partial charge is 0.384 e. The van der Waals surface area contributed by atoms with Crippen LogP contribution in [0.4, 0.5) is 4.39 Å². The quantitative estimate of drug-likeness (QED) is 0.292. The second kappa shape index (κ2) is 13.6. The third-order valence-corrected chi connectivity index (χ3v) is 8.97. The van der Waals surface area contributed by atoms with E-state index < -0.39 is 0 Å². The van der Waals surface area contributed by atoms with E-state index in [9.17, 15) is 4.39 Å². The van der Waals surface area contributed by atoms with Gasteiger partial charge >= 0.3 is 0 Å². The van der Waals surface area contributed by atoms with E-state index in [4.69, 9.17) is 4.74 Å². The molecule has 2 heteroatoms. The summed E-state index contributed by atoms with van der Waals surface area (Å²) in [4.78, 5) is 0. The monoisotopic (exact) mass is 478 g/mol. The fourth-order valence-corrected chi connectivity index (χ4v) is 6.76. The van der Waals surface area contributed by atoms with E-state index in [0.717, 1.165) is 41.6 Å². The van der Waals surface area contributed by atoms with Crippen LogP contribution in [0.25, 0.3) is 11.1 Å². The Hall–Kier alpha value is -1.67. The first-order valence-electron chi connectivity index (χ1n) is 14.5. The van der Waals surface area contributed by atoms with Gasteiger partial charge in [-0.15, -0.1) is 0 Å². The van der Waals surface area contributed by atoms with Crippen molar-refractivity contribution in [1.29, 1.82) is 0 Å². The number of rotatable bonds is 11. The molecule has 1 nitrogen and oxygen atoms in total. The highest BCUT2D eigenvalue weighted by atomic mass is 19.1. The summed E-state index contributed by atoms with van der Waals surface area (Å²) in [5.74, 6) is 3.20. The Bertz CT molecular complexity index is 872. The van der Waals surface area contributed by atoms with Crippen molar-refractivity contribution in [3.8, 4) is 11.1 Å². The molecule has 192 valence electrons. The Balaban J connectivity index is 1.22. The third kappa shape index (κ3) is 7.66. The minimum absolute atomic E-state index is 0.0791. The van der Waals surface area contributed by atoms with Gasteiger partial charge in [0.05, 0.1) is 0 Å². The normalized spacial score (nSPS) is 25.0. The van der Waals surface area contributed by atoms with E-state index in [-0.39, 0.29) is 5.82 Å². The van der Waals surface area contributed by atoms with Crippen LogP contribution in [0.5, 0.6) is 0 Å². The molecule has 0 atom stereocenters. The van der Waals surface area contributed by atoms with Gasteiger partial charge in [0.25, 0.3) is 0 Å². The molecule has 0 radical (unpaired) electrons. The summed E-state index contributed by atoms with van der Waals surface area (Å²) in [6, 6.07) is 14.6. The molecule has 0 bridgehead atoms. The lowest BCUT2D eigenvalue weighted by Gasteiger charge is -2.28. The Kier molecular flexibility index (Phi) is 10.2. The van der Waals surface area contributed by atoms with Gasteiger partial charge in [-0.3, -0.25) is 0 Å². The first-order valence-corrected chi connectivity index (χ1v) is 14.5. The molecule has 4 rings (SSSR count). The zero-order valence-electron chi connectivity index (χ0n) is 22.2. The van der Waals surface area contributed by atoms with Crippen molar-refractivity contribution in [2.45, 2.75) is 103 Å². The van der Waals surface area contributed by atoms with E-state index >= 15 is 0 Å². The second-order valence-electron chi connectivity index (χ2n) is 11.5. The van der Waals surface area contributed by atoms with Crippen molar-refractivity contribution in [3.63, 3.8) is 0 Å². The van der Waals surface area contributed by atoms with Crippen LogP contribution in [0, 0.1) is 23.6 Å². The number of hydrogen-bond acceptors (Lipinski definition) is 1. The topological polar surface area (TPSA) is 9.23 Å². The molecular weight excluding hydrogens is 431 g/mol. The maximum Gasteiger partial charge on any atom is 0.131 e. The van der Waals surface area contributed by atoms with E-state index in [2.05, 4.69) is 37.3 Å². The average molecular weight is 479 g/mol. The highest BCUT2D eigenvalue weighted by molar-refractivity contribution is 5.65. The Morgan fingerprint density at radius 1 is 0.771 bits per heavy atom. The van der Waals surface area contributed by atoms with Crippen LogP contribution < -0.4 is 0 Å². The number of hydrogen-bond donors (Lipinski definition) is 0. The number of benzene rings is 2. The lowest BCUT2D eigenvalue weighted by molar-refractivity contribution is 0.127. The predicted octanol–water partition coefficient (Wildman–Crippen LogP) is 9.73. The average Bonchev–Trinajstić information content (AvgIpc) is 2.89. The van der Waals surface area contributed by atoms with Gasteiger partial charge in [0.15, 0.2) is 0 Å². The van der Waals surface area contributed by atoms with Gasteiger partial charge in [-0.1, -0.05) is 94.7 Å². The molecule has 0 spiro atoms. The standard InChI is InChI=1S/C33H47FO/c1-3-6-25-9-11-26(12-10-25)7-4-5-8-27-15-22-32(33(34)23-27)31-20-18-30(19-21-31)29-16-13-28(14-17-29)24-35-2/h15,18-23,25-26,28-29H,3-14,16-17,24H2,1-2H3. The van der Waals surface area contributed by atoms with Gasteiger partial charge in [-0.05, 0) is 85.0 Å². The maximum atomic E-state index is 15.0. The summed E-state index contributed by atoms with van der Waals surface area (Å²) in [7, 11) is 1.80. The van der Waals surface area contributed by atoms with E-state index in [1.807, 2.05) is 6.07 Å². The van der Waals surface area contributed by atoms with Crippen molar-refractivity contribution < 1.29 is 9.13 Å². The second-order valence-corrected chi connectivity index (χ2v) is 11.5. The number of halogens is 1. The van der Waals surface area contributed by atoms with Crippen LogP contribution in [0.1, 0.15) is 107 Å². The fourth-order valence-electron chi connectivity index (χ4n) is 6.76. The first kappa shape index (κ1) is 26.4. The molecule has 35 heavy (non-hydrogen) atoms. The minimum Gasteiger partial charge on any atom is -0.384 e. The molecule has 2 saturated carbocycles. The summed E-state index contributed by atoms with van der Waals surface area (Å²) in [5.41, 5.74) is 4.26. The third-order valence-electron chi connectivity index (χ3n) is 8.97. The van der Waals surface area contributed by atoms with Gasteiger partial charge in [0.1, 0.15) is 5.82 Å². The fraction of sp³-hybridized carbons (Fsp3) is 0.636. The van der Waals surface area contributed by atoms with Crippen molar-refractivity contribution in [2.24, 2.45) is 17.8 Å². The molecule has 0 N–H and O–H groups in total. The first-order chi connectivity index (χ1) is 17.2. The summed E-state index contributed by atoms with van der Waals surface area (Å²) < 4.78 is 20.3. The van der Waals surface area contributed by atoms with Crippen LogP contribution in [0.15, 0.2) is 42.5 Å². The van der Waals surface area contributed by atoms with Crippen molar-refractivity contribution >= 4 is 0 Å². The number of methoxy groups -OCH3 is 1. The summed E-state index contributed by atoms with van der Waals surface area (Å²) in [6.07, 6.45) is 18.3. The Labute approximate surface area is 213 Å². The lowest BCUT2D eigenvalue weighted by Crippen LogP contribution is -2.17. The van der Waals surface area contributed by atoms with Crippen LogP contribution in [-0.2, 0) is 11.2 Å². The number of unbranched alkanes of at least 4 members (excludes halogenated alkanes) is 1. The molecule has 2 aromatic carbocycles. The van der Waals surface area contributed by atoms with Crippen LogP contribution in [-0.4, -0.2) is 13.7 Å². The van der Waals surface area contributed by atoms with Gasteiger partial charge < -0.3 is 4.74 Å². The summed E-state index contributed by atoms with van der Waals surface area (Å²) in [5, 5.41) is 0. The van der Waals surface area contributed by atoms with Gasteiger partial charge in [-0.2, -0.15) is 0 Å². The Morgan fingerprint density at radius 3 is 2.06 bits per heavy atom. The SMILES string of the molecule is CCCC1CCC(CCCCc2ccc(-c3ccc(C4CCC(COC)CC4)cc3)c(F)c2)CC1. The molecule has 0 aliphatic heterocycles. The van der Waals surface area contributed by atoms with Gasteiger partial charge in [0.2, 0.25) is 0 Å². The summed E-state index contributed by atoms with van der Waals surface area (Å²) in [6.45, 7) is 3.20. The smallest absolute Gasteiger partial charge is 0.131 e. The van der Waals surface area contributed by atoms with Crippen LogP contribution >= 0.6 is 0 Å². The molecule has 2 fully saturated rings. The predicted molar refractivity (Wildman–Crippen MR) is 146 cm³/mol. The van der Waals surface area contributed by atoms with Crippen LogP contribution in [0.2, 0.25) is 0 Å². The van der Waals surface area contributed by atoms with Crippen molar-refractivity contribution in [1.82, 2.24) is 0 Å². The zero-order chi connectivity index (χ0) is 24.5. The zero-order valence-corrected chi connectivity index (χ0v) is 22.2. The number of aryl methyl sites for hydroxylation is 1. The van der Waals surface area contributed by atoms with E-state index in [1.54, 1.807) is 13.2 Å². The summed E-state index contributed by atoms with van der Waals surface area (Å²) >= 11 is 0. The molecular formula is C33H47FO. The Morgan fingerprint density at radius 2 is 1.43 bits per heavy atom. The highest BCUT2D eigenvalue weighted by Gasteiger charge is 2.22. The molecule has 0 unspecified atom stereocenters. The highest BCUT2D eigenvalue weighted by Crippen LogP contribution is 2.37. The number of ether oxygens (including phenoxy) is 1. The lowest BCUT2D eigenvalue weighted by atomic mass is 9.78. The van der Waals surface area contributed by atoms with Gasteiger partial charge in [-0.25, -0.2) is 4.39 Å². The van der Waals surface area contributed by atoms with E-state index in [0.29, 0.717) is 11.8 Å². The maximum absolute atomic E-state index is 15.0. The molecule has 0 saturated heterocycles. The minimum atomic E-state index is -0.0791. The molecule has 0 aromatic heterocycles. The van der Waals surface area contributed by atoms with Crippen LogP contribution in [0.3, 0.4) is 0 Å². The molecule has 2 aliphatic carbocycles.